The highest BCUT2D eigenvalue weighted by molar-refractivity contribution is 9.10. The molecule has 6 rings (SSSR count). The number of fused-ring (bicyclic) bond motifs is 2. The Morgan fingerprint density at radius 2 is 1.12 bits per heavy atom. The third-order valence-electron chi connectivity index (χ3n) is 6.78. The fourth-order valence-corrected chi connectivity index (χ4v) is 6.13. The molecule has 0 unspecified atom stereocenters. The average Bonchev–Trinajstić information content (AvgIpc) is 3.54. The molecule has 0 radical (unpaired) electrons. The number of nitrogens with zero attached hydrogens (tertiary/aromatic N) is 6. The number of nitrogens with one attached hydrogen (secondary N) is 2. The molecule has 0 aliphatic carbocycles. The molecule has 0 atom stereocenters. The number of thiol groups is 1. The molecule has 0 fully saturated rings. The number of imidazole rings is 2. The van der Waals surface area contributed by atoms with Crippen LogP contribution in [0.15, 0.2) is 77.6 Å². The van der Waals surface area contributed by atoms with Crippen LogP contribution in [0.5, 0.6) is 0 Å². The van der Waals surface area contributed by atoms with Gasteiger partial charge in [-0.1, -0.05) is 86.9 Å². The van der Waals surface area contributed by atoms with Crippen molar-refractivity contribution in [1.29, 1.82) is 0 Å². The Balaban J connectivity index is 0.000000201. The number of hydrogen-bond donors (Lipinski definition) is 3. The number of H-pyrrole nitrogens is 2. The van der Waals surface area contributed by atoms with Crippen molar-refractivity contribution < 1.29 is 0 Å². The molecule has 0 amide bonds. The van der Waals surface area contributed by atoms with Crippen LogP contribution < -0.4 is 22.5 Å². The molecule has 260 valence electrons. The van der Waals surface area contributed by atoms with Crippen LogP contribution in [-0.2, 0) is 27.2 Å². The number of halogens is 3. The SMILES string of the molecule is CC(C)S.CC(C)Sc1nc2c(c(=O)[nH]c(=O)n2C)n1Cc1ccc(Cl)cc1.Cn1c(=O)[nH]c(=O)c2c1nc(Br)n2Cc1ccc(Cl)cc1. The maximum absolute atomic E-state index is 12.4. The number of rotatable bonds is 6. The Bertz CT molecular complexity index is 2320. The lowest BCUT2D eigenvalue weighted by atomic mass is 10.2. The molecule has 0 bridgehead atoms. The van der Waals surface area contributed by atoms with Gasteiger partial charge in [-0.25, -0.2) is 19.6 Å². The predicted octanol–water partition coefficient (Wildman–Crippen LogP) is 5.84. The summed E-state index contributed by atoms with van der Waals surface area (Å²) in [6.07, 6.45) is 0. The van der Waals surface area contributed by atoms with Crippen LogP contribution in [0.25, 0.3) is 22.3 Å². The number of aromatic amines is 2. The van der Waals surface area contributed by atoms with Crippen LogP contribution in [0.3, 0.4) is 0 Å². The first-order valence-electron chi connectivity index (χ1n) is 15.0. The van der Waals surface area contributed by atoms with E-state index in [0.717, 1.165) is 11.1 Å². The van der Waals surface area contributed by atoms with Crippen molar-refractivity contribution in [2.75, 3.05) is 0 Å². The van der Waals surface area contributed by atoms with Gasteiger partial charge in [-0.15, -0.1) is 0 Å². The van der Waals surface area contributed by atoms with E-state index in [1.54, 1.807) is 42.6 Å². The van der Waals surface area contributed by atoms with E-state index in [0.29, 0.717) is 65.9 Å². The van der Waals surface area contributed by atoms with E-state index in [1.165, 1.54) is 9.13 Å². The number of aromatic nitrogens is 8. The van der Waals surface area contributed by atoms with Crippen LogP contribution in [0.4, 0.5) is 0 Å². The second-order valence-electron chi connectivity index (χ2n) is 11.4. The summed E-state index contributed by atoms with van der Waals surface area (Å²) in [6, 6.07) is 14.8. The van der Waals surface area contributed by atoms with Gasteiger partial charge in [0.15, 0.2) is 32.2 Å². The minimum atomic E-state index is -0.490. The molecule has 6 aromatic rings. The van der Waals surface area contributed by atoms with E-state index in [4.69, 9.17) is 23.2 Å². The number of aryl methyl sites for hydroxylation is 2. The summed E-state index contributed by atoms with van der Waals surface area (Å²) in [7, 11) is 3.16. The van der Waals surface area contributed by atoms with Crippen molar-refractivity contribution in [3.8, 4) is 0 Å². The largest absolute Gasteiger partial charge is 0.329 e. The summed E-state index contributed by atoms with van der Waals surface area (Å²) in [6.45, 7) is 9.09. The van der Waals surface area contributed by atoms with Gasteiger partial charge in [0.25, 0.3) is 11.1 Å². The van der Waals surface area contributed by atoms with Gasteiger partial charge in [0.2, 0.25) is 0 Å². The molecule has 4 aromatic heterocycles. The van der Waals surface area contributed by atoms with Gasteiger partial charge in [-0.3, -0.25) is 28.7 Å². The summed E-state index contributed by atoms with van der Waals surface area (Å²) in [5.74, 6) is 0. The summed E-state index contributed by atoms with van der Waals surface area (Å²) >= 11 is 20.6. The molecule has 49 heavy (non-hydrogen) atoms. The van der Waals surface area contributed by atoms with Gasteiger partial charge in [-0.05, 0) is 56.6 Å². The summed E-state index contributed by atoms with van der Waals surface area (Å²) in [5, 5.41) is 2.84. The van der Waals surface area contributed by atoms with Gasteiger partial charge in [0.05, 0.1) is 13.1 Å². The molecule has 0 saturated heterocycles. The Morgan fingerprint density at radius 3 is 1.55 bits per heavy atom. The second-order valence-corrected chi connectivity index (χ2v) is 15.6. The standard InChI is InChI=1S/C16H17ClN4O2S.C13H10BrClN4O2.C3H8S/c1-9(2)24-16-18-13-12(14(22)19-15(23)20(13)3)21(16)8-10-4-6-11(17)7-5-10;1-18-10-9(11(20)17-13(18)21)19(12(14)16-10)6-7-2-4-8(15)5-3-7;1-3(2)4/h4-7,9H,8H2,1-3H3,(H,19,22,23);2-5H,6H2,1H3,(H,17,20,21);3-4H,1-2H3. The molecular weight excluding hydrogens is 775 g/mol. The topological polar surface area (TPSA) is 145 Å². The van der Waals surface area contributed by atoms with Crippen molar-refractivity contribution in [1.82, 2.24) is 38.2 Å². The quantitative estimate of drug-likeness (QED) is 0.109. The fourth-order valence-electron chi connectivity index (χ4n) is 4.56. The van der Waals surface area contributed by atoms with Gasteiger partial charge >= 0.3 is 11.4 Å². The Hall–Kier alpha value is -3.50. The van der Waals surface area contributed by atoms with Crippen molar-refractivity contribution in [3.63, 3.8) is 0 Å². The van der Waals surface area contributed by atoms with E-state index >= 15 is 0 Å². The van der Waals surface area contributed by atoms with Crippen LogP contribution in [0.2, 0.25) is 10.0 Å². The molecule has 0 aliphatic heterocycles. The molecular formula is C32H35BrCl2N8O4S2. The first-order chi connectivity index (χ1) is 23.1. The lowest BCUT2D eigenvalue weighted by Crippen LogP contribution is -2.29. The molecule has 0 aliphatic rings. The van der Waals surface area contributed by atoms with Crippen LogP contribution >= 0.6 is 63.5 Å². The first-order valence-corrected chi connectivity index (χ1v) is 17.9. The van der Waals surface area contributed by atoms with Crippen LogP contribution in [0, 0.1) is 0 Å². The van der Waals surface area contributed by atoms with Gasteiger partial charge in [0, 0.05) is 29.4 Å². The number of benzene rings is 2. The minimum Gasteiger partial charge on any atom is -0.309 e. The van der Waals surface area contributed by atoms with Gasteiger partial charge in [-0.2, -0.15) is 12.6 Å². The maximum atomic E-state index is 12.4. The van der Waals surface area contributed by atoms with Crippen molar-refractivity contribution in [3.05, 3.63) is 116 Å². The van der Waals surface area contributed by atoms with E-state index in [-0.39, 0.29) is 0 Å². The Morgan fingerprint density at radius 1 is 0.735 bits per heavy atom. The van der Waals surface area contributed by atoms with E-state index in [1.807, 2.05) is 54.8 Å². The number of thioether (sulfide) groups is 1. The first kappa shape index (κ1) is 38.3. The molecule has 17 heteroatoms. The zero-order chi connectivity index (χ0) is 36.2. The summed E-state index contributed by atoms with van der Waals surface area (Å²) < 4.78 is 6.71. The van der Waals surface area contributed by atoms with E-state index in [9.17, 15) is 19.2 Å². The Labute approximate surface area is 309 Å². The van der Waals surface area contributed by atoms with Gasteiger partial charge < -0.3 is 9.13 Å². The fraction of sp³-hybridized carbons (Fsp3) is 0.312. The highest BCUT2D eigenvalue weighted by atomic mass is 79.9. The monoisotopic (exact) mass is 808 g/mol. The summed E-state index contributed by atoms with van der Waals surface area (Å²) in [5.41, 5.74) is 1.59. The average molecular weight is 811 g/mol. The number of hydrogen-bond acceptors (Lipinski definition) is 8. The van der Waals surface area contributed by atoms with Crippen molar-refractivity contribution >= 4 is 85.9 Å². The molecule has 0 saturated carbocycles. The molecule has 4 heterocycles. The minimum absolute atomic E-state index is 0.293. The molecule has 2 aromatic carbocycles. The van der Waals surface area contributed by atoms with Gasteiger partial charge in [0.1, 0.15) is 0 Å². The normalized spacial score (nSPS) is 11.2. The third-order valence-corrected chi connectivity index (χ3v) is 8.88. The lowest BCUT2D eigenvalue weighted by molar-refractivity contribution is 0.726. The van der Waals surface area contributed by atoms with Crippen LogP contribution in [0.1, 0.15) is 38.8 Å². The molecule has 2 N–H and O–H groups in total. The zero-order valence-corrected chi connectivity index (χ0v) is 32.3. The zero-order valence-electron chi connectivity index (χ0n) is 27.5. The highest BCUT2D eigenvalue weighted by Crippen LogP contribution is 2.26. The van der Waals surface area contributed by atoms with E-state index < -0.39 is 22.5 Å². The van der Waals surface area contributed by atoms with Crippen molar-refractivity contribution in [2.45, 2.75) is 56.4 Å². The summed E-state index contributed by atoms with van der Waals surface area (Å²) in [4.78, 5) is 61.2. The lowest BCUT2D eigenvalue weighted by Gasteiger charge is -2.10. The van der Waals surface area contributed by atoms with E-state index in [2.05, 4.69) is 62.3 Å². The highest BCUT2D eigenvalue weighted by Gasteiger charge is 2.19. The third kappa shape index (κ3) is 9.39. The smallest absolute Gasteiger partial charge is 0.309 e. The molecule has 12 nitrogen and oxygen atoms in total. The molecule has 0 spiro atoms. The second kappa shape index (κ2) is 16.5. The van der Waals surface area contributed by atoms with Crippen LogP contribution in [-0.4, -0.2) is 48.7 Å². The predicted molar refractivity (Wildman–Crippen MR) is 205 cm³/mol. The van der Waals surface area contributed by atoms with Crippen molar-refractivity contribution in [2.24, 2.45) is 14.1 Å². The Kier molecular flexibility index (Phi) is 12.9. The maximum Gasteiger partial charge on any atom is 0.329 e.